The van der Waals surface area contributed by atoms with E-state index in [2.05, 4.69) is 5.32 Å². The predicted molar refractivity (Wildman–Crippen MR) is 80.9 cm³/mol. The van der Waals surface area contributed by atoms with E-state index in [0.29, 0.717) is 15.7 Å². The van der Waals surface area contributed by atoms with Crippen molar-refractivity contribution < 1.29 is 4.79 Å². The quantitative estimate of drug-likeness (QED) is 0.766. The molecule has 0 aliphatic rings. The normalized spacial score (nSPS) is 10.3. The number of halogens is 4. The SMILES string of the molecule is O=C(Nc1ccc(Cl)c(Cl)c1)c1c(Cl)cccc1Cl. The van der Waals surface area contributed by atoms with E-state index in [4.69, 9.17) is 46.4 Å². The molecule has 0 saturated carbocycles. The van der Waals surface area contributed by atoms with Gasteiger partial charge < -0.3 is 5.32 Å². The van der Waals surface area contributed by atoms with Crippen LogP contribution >= 0.6 is 46.4 Å². The molecular formula is C13H7Cl4NO. The molecule has 0 aliphatic carbocycles. The molecule has 2 aromatic rings. The van der Waals surface area contributed by atoms with E-state index >= 15 is 0 Å². The van der Waals surface area contributed by atoms with Crippen molar-refractivity contribution in [3.8, 4) is 0 Å². The highest BCUT2D eigenvalue weighted by Gasteiger charge is 2.14. The number of hydrogen-bond donors (Lipinski definition) is 1. The van der Waals surface area contributed by atoms with Gasteiger partial charge in [0.15, 0.2) is 0 Å². The largest absolute Gasteiger partial charge is 0.322 e. The molecule has 2 aromatic carbocycles. The summed E-state index contributed by atoms with van der Waals surface area (Å²) in [7, 11) is 0. The third kappa shape index (κ3) is 3.34. The van der Waals surface area contributed by atoms with Gasteiger partial charge in [-0.05, 0) is 30.3 Å². The van der Waals surface area contributed by atoms with E-state index in [0.717, 1.165) is 0 Å². The third-order valence-corrected chi connectivity index (χ3v) is 3.74. The van der Waals surface area contributed by atoms with Crippen molar-refractivity contribution in [3.63, 3.8) is 0 Å². The van der Waals surface area contributed by atoms with Crippen molar-refractivity contribution in [1.82, 2.24) is 0 Å². The second kappa shape index (κ2) is 6.02. The van der Waals surface area contributed by atoms with Crippen LogP contribution in [0, 0.1) is 0 Å². The van der Waals surface area contributed by atoms with Crippen LogP contribution in [0.4, 0.5) is 5.69 Å². The average Bonchev–Trinajstić information content (AvgIpc) is 2.33. The van der Waals surface area contributed by atoms with E-state index in [1.807, 2.05) is 0 Å². The molecule has 0 fully saturated rings. The first-order valence-electron chi connectivity index (χ1n) is 5.19. The van der Waals surface area contributed by atoms with Crippen LogP contribution in [0.3, 0.4) is 0 Å². The molecule has 98 valence electrons. The van der Waals surface area contributed by atoms with Crippen molar-refractivity contribution in [2.45, 2.75) is 0 Å². The Hall–Kier alpha value is -0.930. The van der Waals surface area contributed by atoms with Gasteiger partial charge in [0.2, 0.25) is 0 Å². The van der Waals surface area contributed by atoms with Crippen molar-refractivity contribution in [2.75, 3.05) is 5.32 Å². The number of anilines is 1. The van der Waals surface area contributed by atoms with Crippen LogP contribution in [0.15, 0.2) is 36.4 Å². The molecule has 0 atom stereocenters. The molecule has 6 heteroatoms. The summed E-state index contributed by atoms with van der Waals surface area (Å²) in [4.78, 5) is 12.1. The van der Waals surface area contributed by atoms with Crippen molar-refractivity contribution in [3.05, 3.63) is 62.1 Å². The lowest BCUT2D eigenvalue weighted by Crippen LogP contribution is -2.13. The molecule has 0 radical (unpaired) electrons. The number of hydrogen-bond acceptors (Lipinski definition) is 1. The zero-order valence-corrected chi connectivity index (χ0v) is 12.4. The van der Waals surface area contributed by atoms with E-state index in [-0.39, 0.29) is 15.6 Å². The summed E-state index contributed by atoms with van der Waals surface area (Å²) >= 11 is 23.6. The summed E-state index contributed by atoms with van der Waals surface area (Å²) in [5.41, 5.74) is 0.729. The lowest BCUT2D eigenvalue weighted by Gasteiger charge is -2.09. The fourth-order valence-corrected chi connectivity index (χ4v) is 2.35. The minimum absolute atomic E-state index is 0.219. The summed E-state index contributed by atoms with van der Waals surface area (Å²) < 4.78 is 0. The van der Waals surface area contributed by atoms with Gasteiger partial charge in [-0.15, -0.1) is 0 Å². The van der Waals surface area contributed by atoms with Gasteiger partial charge in [-0.25, -0.2) is 0 Å². The molecule has 2 rings (SSSR count). The van der Waals surface area contributed by atoms with Crippen LogP contribution in [0.5, 0.6) is 0 Å². The van der Waals surface area contributed by atoms with Crippen LogP contribution < -0.4 is 5.32 Å². The topological polar surface area (TPSA) is 29.1 Å². The van der Waals surface area contributed by atoms with Crippen LogP contribution in [0.2, 0.25) is 20.1 Å². The summed E-state index contributed by atoms with van der Waals surface area (Å²) in [5.74, 6) is -0.408. The first-order valence-corrected chi connectivity index (χ1v) is 6.70. The number of amides is 1. The molecular weight excluding hydrogens is 328 g/mol. The van der Waals surface area contributed by atoms with E-state index in [1.165, 1.54) is 0 Å². The first-order chi connectivity index (χ1) is 8.99. The summed E-state index contributed by atoms with van der Waals surface area (Å²) in [6.45, 7) is 0. The van der Waals surface area contributed by atoms with Gasteiger partial charge in [-0.3, -0.25) is 4.79 Å². The highest BCUT2D eigenvalue weighted by molar-refractivity contribution is 6.42. The Morgan fingerprint density at radius 2 is 1.47 bits per heavy atom. The van der Waals surface area contributed by atoms with E-state index in [9.17, 15) is 4.79 Å². The Balaban J connectivity index is 2.28. The number of carbonyl (C=O) groups excluding carboxylic acids is 1. The number of benzene rings is 2. The molecule has 0 bridgehead atoms. The lowest BCUT2D eigenvalue weighted by molar-refractivity contribution is 0.102. The highest BCUT2D eigenvalue weighted by atomic mass is 35.5. The lowest BCUT2D eigenvalue weighted by atomic mass is 10.2. The van der Waals surface area contributed by atoms with Gasteiger partial charge in [0.1, 0.15) is 0 Å². The maximum Gasteiger partial charge on any atom is 0.258 e. The van der Waals surface area contributed by atoms with Crippen LogP contribution in [-0.2, 0) is 0 Å². The molecule has 0 spiro atoms. The van der Waals surface area contributed by atoms with Gasteiger partial charge in [0.25, 0.3) is 5.91 Å². The fourth-order valence-electron chi connectivity index (χ4n) is 1.48. The Morgan fingerprint density at radius 1 is 0.842 bits per heavy atom. The zero-order chi connectivity index (χ0) is 14.0. The van der Waals surface area contributed by atoms with Crippen LogP contribution in [0.25, 0.3) is 0 Å². The van der Waals surface area contributed by atoms with E-state index in [1.54, 1.807) is 36.4 Å². The van der Waals surface area contributed by atoms with E-state index < -0.39 is 5.91 Å². The summed E-state index contributed by atoms with van der Waals surface area (Å²) in [6, 6.07) is 9.63. The standard InChI is InChI=1S/C13H7Cl4NO/c14-8-5-4-7(6-11(8)17)18-13(19)12-9(15)2-1-3-10(12)16/h1-6H,(H,18,19). The van der Waals surface area contributed by atoms with Crippen molar-refractivity contribution >= 4 is 58.0 Å². The fraction of sp³-hybridized carbons (Fsp3) is 0. The van der Waals surface area contributed by atoms with Gasteiger partial charge in [-0.2, -0.15) is 0 Å². The van der Waals surface area contributed by atoms with Gasteiger partial charge >= 0.3 is 0 Å². The predicted octanol–water partition coefficient (Wildman–Crippen LogP) is 5.55. The molecule has 0 unspecified atom stereocenters. The average molecular weight is 335 g/mol. The van der Waals surface area contributed by atoms with Crippen molar-refractivity contribution in [2.24, 2.45) is 0 Å². The Bertz CT molecular complexity index is 622. The third-order valence-electron chi connectivity index (χ3n) is 2.37. The molecule has 1 N–H and O–H groups in total. The molecule has 0 aromatic heterocycles. The number of carbonyl (C=O) groups is 1. The maximum atomic E-state index is 12.1. The monoisotopic (exact) mass is 333 g/mol. The molecule has 0 saturated heterocycles. The molecule has 1 amide bonds. The minimum atomic E-state index is -0.408. The summed E-state index contributed by atoms with van der Waals surface area (Å²) in [6.07, 6.45) is 0. The van der Waals surface area contributed by atoms with Gasteiger partial charge in [-0.1, -0.05) is 52.5 Å². The second-order valence-corrected chi connectivity index (χ2v) is 5.31. The molecule has 0 aliphatic heterocycles. The molecule has 19 heavy (non-hydrogen) atoms. The number of nitrogens with one attached hydrogen (secondary N) is 1. The molecule has 2 nitrogen and oxygen atoms in total. The molecule has 0 heterocycles. The Morgan fingerprint density at radius 3 is 2.05 bits per heavy atom. The second-order valence-electron chi connectivity index (χ2n) is 3.68. The number of rotatable bonds is 2. The zero-order valence-electron chi connectivity index (χ0n) is 9.38. The first kappa shape index (κ1) is 14.5. The Labute approximate surface area is 130 Å². The summed E-state index contributed by atoms with van der Waals surface area (Å²) in [5, 5.41) is 3.99. The minimum Gasteiger partial charge on any atom is -0.322 e. The smallest absolute Gasteiger partial charge is 0.258 e. The van der Waals surface area contributed by atoms with Crippen LogP contribution in [-0.4, -0.2) is 5.91 Å². The van der Waals surface area contributed by atoms with Crippen LogP contribution in [0.1, 0.15) is 10.4 Å². The van der Waals surface area contributed by atoms with Gasteiger partial charge in [0.05, 0.1) is 25.7 Å². The maximum absolute atomic E-state index is 12.1. The Kier molecular flexibility index (Phi) is 4.58. The van der Waals surface area contributed by atoms with Crippen molar-refractivity contribution in [1.29, 1.82) is 0 Å². The van der Waals surface area contributed by atoms with Gasteiger partial charge in [0, 0.05) is 5.69 Å². The highest BCUT2D eigenvalue weighted by Crippen LogP contribution is 2.28.